The van der Waals surface area contributed by atoms with Crippen LogP contribution in [0.1, 0.15) is 277 Å². The maximum atomic E-state index is 12.8. The number of likely N-dealkylation sites (N-methyl/N-ethyl adjacent to an activating group) is 1. The molecule has 0 aromatic rings. The van der Waals surface area contributed by atoms with Gasteiger partial charge < -0.3 is 27.9 Å². The van der Waals surface area contributed by atoms with Crippen molar-refractivity contribution in [3.63, 3.8) is 0 Å². The van der Waals surface area contributed by atoms with Crippen molar-refractivity contribution >= 4 is 19.8 Å². The number of carbonyl (C=O) groups excluding carboxylic acids is 2. The molecule has 0 N–H and O–H groups in total. The SMILES string of the molecule is CC/C=C\C/C=C\C/C=C\C/C=C\CCCCCCCCCCCCCCCCCCCCC(=O)OC(COC(=O)CCCCCCCCCCCCCCCCCC)COP(=O)([O-])OCC[N+](C)(C)C. The monoisotopic (exact) mass is 1020 g/mol. The predicted octanol–water partition coefficient (Wildman–Crippen LogP) is 17.9. The van der Waals surface area contributed by atoms with Gasteiger partial charge in [0, 0.05) is 12.8 Å². The van der Waals surface area contributed by atoms with E-state index in [1.165, 1.54) is 180 Å². The van der Waals surface area contributed by atoms with Crippen LogP contribution in [0.5, 0.6) is 0 Å². The highest BCUT2D eigenvalue weighted by atomic mass is 31.2. The number of hydrogen-bond donors (Lipinski definition) is 0. The van der Waals surface area contributed by atoms with Gasteiger partial charge in [0.25, 0.3) is 7.82 Å². The predicted molar refractivity (Wildman–Crippen MR) is 300 cm³/mol. The lowest BCUT2D eigenvalue weighted by Crippen LogP contribution is -2.37. The van der Waals surface area contributed by atoms with E-state index in [9.17, 15) is 19.0 Å². The van der Waals surface area contributed by atoms with Crippen LogP contribution in [0.4, 0.5) is 0 Å². The van der Waals surface area contributed by atoms with Crippen LogP contribution in [0.3, 0.4) is 0 Å². The number of quaternary nitrogens is 1. The third-order valence-corrected chi connectivity index (χ3v) is 14.1. The van der Waals surface area contributed by atoms with E-state index in [0.29, 0.717) is 17.4 Å². The number of phosphoric acid groups is 1. The highest BCUT2D eigenvalue weighted by molar-refractivity contribution is 7.45. The van der Waals surface area contributed by atoms with Gasteiger partial charge in [0.15, 0.2) is 6.10 Å². The van der Waals surface area contributed by atoms with Crippen LogP contribution in [0, 0.1) is 0 Å². The van der Waals surface area contributed by atoms with E-state index in [1.807, 2.05) is 21.1 Å². The van der Waals surface area contributed by atoms with E-state index >= 15 is 0 Å². The van der Waals surface area contributed by atoms with Crippen molar-refractivity contribution in [2.45, 2.75) is 283 Å². The summed E-state index contributed by atoms with van der Waals surface area (Å²) in [5.41, 5.74) is 0. The lowest BCUT2D eigenvalue weighted by Gasteiger charge is -2.28. The molecule has 0 heterocycles. The van der Waals surface area contributed by atoms with Gasteiger partial charge in [0.05, 0.1) is 27.7 Å². The average molecular weight is 1020 g/mol. The number of allylic oxidation sites excluding steroid dienone is 8. The number of phosphoric ester groups is 1. The smallest absolute Gasteiger partial charge is 0.306 e. The molecule has 0 saturated carbocycles. The molecule has 10 heteroatoms. The molecule has 2 atom stereocenters. The number of nitrogens with zero attached hydrogens (tertiary/aromatic N) is 1. The molecule has 0 rings (SSSR count). The minimum atomic E-state index is -4.63. The molecule has 416 valence electrons. The summed E-state index contributed by atoms with van der Waals surface area (Å²) in [6, 6.07) is 0. The quantitative estimate of drug-likeness (QED) is 0.0195. The third kappa shape index (κ3) is 57.1. The molecule has 0 aromatic carbocycles. The second-order valence-electron chi connectivity index (χ2n) is 21.3. The Labute approximate surface area is 439 Å². The maximum absolute atomic E-state index is 12.8. The Morgan fingerprint density at radius 3 is 1.20 bits per heavy atom. The molecule has 0 saturated heterocycles. The summed E-state index contributed by atoms with van der Waals surface area (Å²) < 4.78 is 34.2. The first-order valence-electron chi connectivity index (χ1n) is 29.8. The van der Waals surface area contributed by atoms with E-state index in [-0.39, 0.29) is 32.0 Å². The zero-order chi connectivity index (χ0) is 52.0. The highest BCUT2D eigenvalue weighted by Gasteiger charge is 2.22. The Bertz CT molecular complexity index is 1340. The molecular formula is C61H114NO8P. The standard InChI is InChI=1S/C61H114NO8P/c1-6-8-10-12-14-16-18-20-22-24-25-26-27-28-29-30-31-32-33-34-35-36-37-38-40-42-44-46-48-50-52-54-61(64)70-59(58-69-71(65,66)68-56-55-62(3,4)5)57-67-60(63)53-51-49-47-45-43-41-39-23-21-19-17-15-13-11-9-7-2/h8,10,14,16,20,22,25-26,59H,6-7,9,11-13,15,17-19,21,23-24,27-58H2,1-5H3/b10-8-,16-14-,22-20-,26-25-. The van der Waals surface area contributed by atoms with Gasteiger partial charge in [-0.15, -0.1) is 0 Å². The normalized spacial score (nSPS) is 13.6. The maximum Gasteiger partial charge on any atom is 0.306 e. The summed E-state index contributed by atoms with van der Waals surface area (Å²) in [5.74, 6) is -0.818. The minimum absolute atomic E-state index is 0.0286. The van der Waals surface area contributed by atoms with Crippen LogP contribution >= 0.6 is 7.82 Å². The molecule has 0 aliphatic carbocycles. The average Bonchev–Trinajstić information content (AvgIpc) is 3.33. The molecule has 0 aromatic heterocycles. The summed E-state index contributed by atoms with van der Waals surface area (Å²) in [4.78, 5) is 37.8. The Morgan fingerprint density at radius 2 is 0.803 bits per heavy atom. The lowest BCUT2D eigenvalue weighted by atomic mass is 10.0. The van der Waals surface area contributed by atoms with Gasteiger partial charge in [-0.25, -0.2) is 0 Å². The van der Waals surface area contributed by atoms with Crippen molar-refractivity contribution in [3.8, 4) is 0 Å². The van der Waals surface area contributed by atoms with Crippen molar-refractivity contribution in [2.24, 2.45) is 0 Å². The summed E-state index contributed by atoms with van der Waals surface area (Å²) >= 11 is 0. The number of ether oxygens (including phenoxy) is 2. The van der Waals surface area contributed by atoms with E-state index < -0.39 is 26.5 Å². The minimum Gasteiger partial charge on any atom is -0.756 e. The van der Waals surface area contributed by atoms with Crippen LogP contribution in [-0.2, 0) is 32.7 Å². The first-order valence-corrected chi connectivity index (χ1v) is 31.3. The Balaban J connectivity index is 4.04. The van der Waals surface area contributed by atoms with E-state index in [2.05, 4.69) is 62.5 Å². The topological polar surface area (TPSA) is 111 Å². The molecule has 0 radical (unpaired) electrons. The Morgan fingerprint density at radius 1 is 0.451 bits per heavy atom. The number of rotatable bonds is 55. The summed E-state index contributed by atoms with van der Waals surface area (Å²) in [6.45, 7) is 4.17. The Hall–Kier alpha value is -2.03. The van der Waals surface area contributed by atoms with Crippen molar-refractivity contribution in [2.75, 3.05) is 47.5 Å². The molecule has 0 aliphatic rings. The third-order valence-electron chi connectivity index (χ3n) is 13.1. The summed E-state index contributed by atoms with van der Waals surface area (Å²) in [6.07, 6.45) is 65.9. The molecule has 0 spiro atoms. The largest absolute Gasteiger partial charge is 0.756 e. The van der Waals surface area contributed by atoms with Crippen molar-refractivity contribution in [1.82, 2.24) is 0 Å². The van der Waals surface area contributed by atoms with Crippen molar-refractivity contribution in [1.29, 1.82) is 0 Å². The summed E-state index contributed by atoms with van der Waals surface area (Å²) in [7, 11) is 1.18. The van der Waals surface area contributed by atoms with Crippen LogP contribution < -0.4 is 4.89 Å². The lowest BCUT2D eigenvalue weighted by molar-refractivity contribution is -0.870. The molecule has 2 unspecified atom stereocenters. The van der Waals surface area contributed by atoms with Gasteiger partial charge >= 0.3 is 11.9 Å². The fraction of sp³-hybridized carbons (Fsp3) is 0.836. The van der Waals surface area contributed by atoms with Crippen molar-refractivity contribution < 1.29 is 42.1 Å². The molecule has 0 amide bonds. The van der Waals surface area contributed by atoms with E-state index in [1.54, 1.807) is 0 Å². The van der Waals surface area contributed by atoms with Crippen LogP contribution in [0.25, 0.3) is 0 Å². The van der Waals surface area contributed by atoms with E-state index in [4.69, 9.17) is 18.5 Å². The molecule has 71 heavy (non-hydrogen) atoms. The first-order chi connectivity index (χ1) is 34.5. The second-order valence-corrected chi connectivity index (χ2v) is 22.8. The highest BCUT2D eigenvalue weighted by Crippen LogP contribution is 2.38. The van der Waals surface area contributed by atoms with Crippen molar-refractivity contribution in [3.05, 3.63) is 48.6 Å². The number of carbonyl (C=O) groups is 2. The molecule has 9 nitrogen and oxygen atoms in total. The van der Waals surface area contributed by atoms with Gasteiger partial charge in [0.1, 0.15) is 19.8 Å². The summed E-state index contributed by atoms with van der Waals surface area (Å²) in [5, 5.41) is 0. The second kappa shape index (κ2) is 52.8. The van der Waals surface area contributed by atoms with Gasteiger partial charge in [-0.2, -0.15) is 0 Å². The van der Waals surface area contributed by atoms with E-state index in [0.717, 1.165) is 64.2 Å². The molecule has 0 bridgehead atoms. The fourth-order valence-corrected chi connectivity index (χ4v) is 9.26. The van der Waals surface area contributed by atoms with Gasteiger partial charge in [-0.1, -0.05) is 262 Å². The van der Waals surface area contributed by atoms with Gasteiger partial charge in [0.2, 0.25) is 0 Å². The van der Waals surface area contributed by atoms with Gasteiger partial charge in [-0.3, -0.25) is 14.2 Å². The molecule has 0 fully saturated rings. The van der Waals surface area contributed by atoms with Gasteiger partial charge in [-0.05, 0) is 51.4 Å². The zero-order valence-corrected chi connectivity index (χ0v) is 48.1. The molecule has 0 aliphatic heterocycles. The zero-order valence-electron chi connectivity index (χ0n) is 47.2. The number of esters is 2. The van der Waals surface area contributed by atoms with Crippen LogP contribution in [-0.4, -0.2) is 70.0 Å². The number of hydrogen-bond acceptors (Lipinski definition) is 8. The molecular weight excluding hydrogens is 906 g/mol. The Kier molecular flexibility index (Phi) is 51.3. The number of unbranched alkanes of at least 4 members (excludes halogenated alkanes) is 33. The van der Waals surface area contributed by atoms with Crippen LogP contribution in [0.2, 0.25) is 0 Å². The van der Waals surface area contributed by atoms with Crippen LogP contribution in [0.15, 0.2) is 48.6 Å². The first kappa shape index (κ1) is 69.0. The fourth-order valence-electron chi connectivity index (χ4n) is 8.53.